The summed E-state index contributed by atoms with van der Waals surface area (Å²) in [6.07, 6.45) is 0. The van der Waals surface area contributed by atoms with Crippen LogP contribution in [-0.2, 0) is 0 Å². The predicted octanol–water partition coefficient (Wildman–Crippen LogP) is 4.04. The van der Waals surface area contributed by atoms with Crippen LogP contribution in [0.2, 0.25) is 5.02 Å². The molecular weight excluding hydrogens is 225 g/mol. The van der Waals surface area contributed by atoms with Gasteiger partial charge in [0.15, 0.2) is 0 Å². The van der Waals surface area contributed by atoms with E-state index in [1.807, 2.05) is 13.0 Å². The molecule has 3 heteroatoms. The van der Waals surface area contributed by atoms with Crippen molar-refractivity contribution in [3.8, 4) is 11.1 Å². The lowest BCUT2D eigenvalue weighted by molar-refractivity contribution is 0.628. The molecule has 0 aliphatic heterocycles. The maximum atomic E-state index is 12.8. The summed E-state index contributed by atoms with van der Waals surface area (Å²) in [5.74, 6) is -0.257. The van der Waals surface area contributed by atoms with Crippen molar-refractivity contribution in [2.75, 3.05) is 5.73 Å². The molecule has 0 spiro atoms. The van der Waals surface area contributed by atoms with E-state index in [9.17, 15) is 4.39 Å². The van der Waals surface area contributed by atoms with Crippen molar-refractivity contribution in [2.45, 2.75) is 6.92 Å². The van der Waals surface area contributed by atoms with E-state index in [4.69, 9.17) is 17.3 Å². The molecule has 2 aromatic rings. The smallest absolute Gasteiger partial charge is 0.123 e. The molecule has 0 saturated heterocycles. The number of nitrogens with two attached hydrogens (primary N) is 1. The molecule has 0 amide bonds. The zero-order valence-electron chi connectivity index (χ0n) is 8.80. The Balaban J connectivity index is 2.57. The van der Waals surface area contributed by atoms with Crippen LogP contribution in [0.25, 0.3) is 11.1 Å². The zero-order chi connectivity index (χ0) is 11.7. The second kappa shape index (κ2) is 4.14. The van der Waals surface area contributed by atoms with Crippen LogP contribution in [0.4, 0.5) is 10.1 Å². The third-order valence-electron chi connectivity index (χ3n) is 2.58. The second-order valence-corrected chi connectivity index (χ2v) is 4.03. The lowest BCUT2D eigenvalue weighted by atomic mass is 10.0. The molecule has 0 unspecified atom stereocenters. The zero-order valence-corrected chi connectivity index (χ0v) is 9.55. The Morgan fingerprint density at radius 3 is 2.31 bits per heavy atom. The molecule has 0 heterocycles. The lowest BCUT2D eigenvalue weighted by Crippen LogP contribution is -1.92. The normalized spacial score (nSPS) is 10.4. The number of hydrogen-bond acceptors (Lipinski definition) is 1. The Labute approximate surface area is 98.7 Å². The van der Waals surface area contributed by atoms with E-state index in [1.165, 1.54) is 12.1 Å². The topological polar surface area (TPSA) is 26.0 Å². The largest absolute Gasteiger partial charge is 0.398 e. The summed E-state index contributed by atoms with van der Waals surface area (Å²) in [5, 5.41) is 0.617. The molecule has 0 radical (unpaired) electrons. The van der Waals surface area contributed by atoms with Gasteiger partial charge >= 0.3 is 0 Å². The maximum Gasteiger partial charge on any atom is 0.123 e. The molecule has 0 fully saturated rings. The molecule has 0 aliphatic rings. The van der Waals surface area contributed by atoms with Gasteiger partial charge in [0.25, 0.3) is 0 Å². The van der Waals surface area contributed by atoms with Gasteiger partial charge in [0.2, 0.25) is 0 Å². The lowest BCUT2D eigenvalue weighted by Gasteiger charge is -2.09. The Bertz CT molecular complexity index is 520. The van der Waals surface area contributed by atoms with Crippen LogP contribution in [0, 0.1) is 12.7 Å². The first-order valence-electron chi connectivity index (χ1n) is 4.90. The highest BCUT2D eigenvalue weighted by Crippen LogP contribution is 2.33. The van der Waals surface area contributed by atoms with Crippen molar-refractivity contribution in [2.24, 2.45) is 0 Å². The molecule has 0 atom stereocenters. The molecule has 1 nitrogen and oxygen atoms in total. The maximum absolute atomic E-state index is 12.8. The van der Waals surface area contributed by atoms with E-state index in [1.54, 1.807) is 18.2 Å². The molecule has 0 bridgehead atoms. The minimum atomic E-state index is -0.257. The SMILES string of the molecule is Cc1c(N)ccc(-c2ccc(F)cc2)c1Cl. The highest BCUT2D eigenvalue weighted by atomic mass is 35.5. The van der Waals surface area contributed by atoms with Crippen LogP contribution >= 0.6 is 11.6 Å². The molecule has 2 aromatic carbocycles. The van der Waals surface area contributed by atoms with Gasteiger partial charge < -0.3 is 5.73 Å². The summed E-state index contributed by atoms with van der Waals surface area (Å²) in [6, 6.07) is 9.88. The average Bonchev–Trinajstić information content (AvgIpc) is 2.28. The molecular formula is C13H11ClFN. The van der Waals surface area contributed by atoms with E-state index >= 15 is 0 Å². The third-order valence-corrected chi connectivity index (χ3v) is 3.07. The van der Waals surface area contributed by atoms with Crippen molar-refractivity contribution < 1.29 is 4.39 Å². The van der Waals surface area contributed by atoms with Crippen LogP contribution in [0.1, 0.15) is 5.56 Å². The summed E-state index contributed by atoms with van der Waals surface area (Å²) < 4.78 is 12.8. The van der Waals surface area contributed by atoms with Gasteiger partial charge in [0.1, 0.15) is 5.82 Å². The summed E-state index contributed by atoms with van der Waals surface area (Å²) >= 11 is 6.20. The first-order valence-corrected chi connectivity index (χ1v) is 5.28. The first kappa shape index (κ1) is 11.0. The Morgan fingerprint density at radius 1 is 1.06 bits per heavy atom. The predicted molar refractivity (Wildman–Crippen MR) is 66.0 cm³/mol. The highest BCUT2D eigenvalue weighted by molar-refractivity contribution is 6.34. The van der Waals surface area contributed by atoms with Crippen LogP contribution in [0.3, 0.4) is 0 Å². The fraction of sp³-hybridized carbons (Fsp3) is 0.0769. The van der Waals surface area contributed by atoms with Crippen LogP contribution in [0.5, 0.6) is 0 Å². The Hall–Kier alpha value is -1.54. The average molecular weight is 236 g/mol. The standard InChI is InChI=1S/C13H11ClFN/c1-8-12(16)7-6-11(13(8)14)9-2-4-10(15)5-3-9/h2-7H,16H2,1H3. The molecule has 0 aromatic heterocycles. The van der Waals surface area contributed by atoms with Gasteiger partial charge in [-0.1, -0.05) is 29.8 Å². The van der Waals surface area contributed by atoms with Crippen LogP contribution < -0.4 is 5.73 Å². The van der Waals surface area contributed by atoms with Crippen LogP contribution in [-0.4, -0.2) is 0 Å². The summed E-state index contributed by atoms with van der Waals surface area (Å²) in [7, 11) is 0. The second-order valence-electron chi connectivity index (χ2n) is 3.65. The third kappa shape index (κ3) is 1.89. The van der Waals surface area contributed by atoms with Crippen molar-refractivity contribution in [1.82, 2.24) is 0 Å². The number of rotatable bonds is 1. The summed E-state index contributed by atoms with van der Waals surface area (Å²) in [6.45, 7) is 1.87. The quantitative estimate of drug-likeness (QED) is 0.742. The van der Waals surface area contributed by atoms with E-state index in [2.05, 4.69) is 0 Å². The fourth-order valence-corrected chi connectivity index (χ4v) is 1.83. The summed E-state index contributed by atoms with van der Waals surface area (Å²) in [5.41, 5.74) is 9.01. The van der Waals surface area contributed by atoms with Gasteiger partial charge in [-0.05, 0) is 36.2 Å². The fourth-order valence-electron chi connectivity index (χ4n) is 1.55. The Kier molecular flexibility index (Phi) is 2.84. The van der Waals surface area contributed by atoms with Gasteiger partial charge in [-0.15, -0.1) is 0 Å². The molecule has 2 N–H and O–H groups in total. The molecule has 16 heavy (non-hydrogen) atoms. The van der Waals surface area contributed by atoms with Gasteiger partial charge in [-0.3, -0.25) is 0 Å². The number of anilines is 1. The molecule has 0 aliphatic carbocycles. The van der Waals surface area contributed by atoms with Crippen molar-refractivity contribution in [3.63, 3.8) is 0 Å². The minimum Gasteiger partial charge on any atom is -0.398 e. The van der Waals surface area contributed by atoms with Gasteiger partial charge in [-0.2, -0.15) is 0 Å². The molecule has 0 saturated carbocycles. The Morgan fingerprint density at radius 2 is 1.69 bits per heavy atom. The molecule has 82 valence electrons. The van der Waals surface area contributed by atoms with Crippen molar-refractivity contribution in [3.05, 3.63) is 52.8 Å². The van der Waals surface area contributed by atoms with Crippen LogP contribution in [0.15, 0.2) is 36.4 Å². The monoisotopic (exact) mass is 235 g/mol. The highest BCUT2D eigenvalue weighted by Gasteiger charge is 2.08. The van der Waals surface area contributed by atoms with Crippen molar-refractivity contribution >= 4 is 17.3 Å². The van der Waals surface area contributed by atoms with Crippen molar-refractivity contribution in [1.29, 1.82) is 0 Å². The number of nitrogen functional groups attached to an aromatic ring is 1. The first-order chi connectivity index (χ1) is 7.59. The molecule has 2 rings (SSSR count). The van der Waals surface area contributed by atoms with Gasteiger partial charge in [-0.25, -0.2) is 4.39 Å². The number of hydrogen-bond donors (Lipinski definition) is 1. The minimum absolute atomic E-state index is 0.257. The number of halogens is 2. The van der Waals surface area contributed by atoms with Gasteiger partial charge in [0.05, 0.1) is 5.02 Å². The number of benzene rings is 2. The van der Waals surface area contributed by atoms with Gasteiger partial charge in [0, 0.05) is 11.3 Å². The van der Waals surface area contributed by atoms with E-state index < -0.39 is 0 Å². The van der Waals surface area contributed by atoms with E-state index in [-0.39, 0.29) is 5.82 Å². The van der Waals surface area contributed by atoms with E-state index in [0.717, 1.165) is 16.7 Å². The summed E-state index contributed by atoms with van der Waals surface area (Å²) in [4.78, 5) is 0. The van der Waals surface area contributed by atoms with E-state index in [0.29, 0.717) is 10.7 Å².